The van der Waals surface area contributed by atoms with Crippen molar-refractivity contribution in [3.63, 3.8) is 0 Å². The fourth-order valence-electron chi connectivity index (χ4n) is 1.20. The standard InChI is InChI=1S/C11H11BrClNO3/c1-6(11(16)17)14(2)10(15)7-4-3-5-8(12)9(7)13/h3-6H,1-2H3,(H,16,17). The third-order valence-corrected chi connectivity index (χ3v) is 3.74. The molecule has 1 aromatic rings. The van der Waals surface area contributed by atoms with Crippen molar-refractivity contribution in [3.05, 3.63) is 33.3 Å². The Morgan fingerprint density at radius 2 is 2.06 bits per heavy atom. The van der Waals surface area contributed by atoms with Crippen LogP contribution in [-0.2, 0) is 4.79 Å². The number of hydrogen-bond acceptors (Lipinski definition) is 2. The number of carbonyl (C=O) groups is 2. The van der Waals surface area contributed by atoms with Crippen molar-refractivity contribution in [2.24, 2.45) is 0 Å². The molecule has 17 heavy (non-hydrogen) atoms. The average Bonchev–Trinajstić information content (AvgIpc) is 2.29. The van der Waals surface area contributed by atoms with Crippen molar-refractivity contribution >= 4 is 39.4 Å². The SMILES string of the molecule is CC(C(=O)O)N(C)C(=O)c1cccc(Br)c1Cl. The molecule has 1 rings (SSSR count). The average molecular weight is 321 g/mol. The summed E-state index contributed by atoms with van der Waals surface area (Å²) in [7, 11) is 1.43. The summed E-state index contributed by atoms with van der Waals surface area (Å²) in [4.78, 5) is 23.9. The van der Waals surface area contributed by atoms with E-state index in [2.05, 4.69) is 15.9 Å². The van der Waals surface area contributed by atoms with E-state index in [0.29, 0.717) is 4.47 Å². The number of nitrogens with zero attached hydrogens (tertiary/aromatic N) is 1. The number of amides is 1. The fourth-order valence-corrected chi connectivity index (χ4v) is 1.77. The van der Waals surface area contributed by atoms with Crippen LogP contribution in [0, 0.1) is 0 Å². The van der Waals surface area contributed by atoms with E-state index in [-0.39, 0.29) is 10.6 Å². The Balaban J connectivity index is 3.05. The summed E-state index contributed by atoms with van der Waals surface area (Å²) in [6, 6.07) is 4.03. The summed E-state index contributed by atoms with van der Waals surface area (Å²) < 4.78 is 0.599. The molecule has 0 aliphatic rings. The van der Waals surface area contributed by atoms with Crippen molar-refractivity contribution in [2.45, 2.75) is 13.0 Å². The minimum absolute atomic E-state index is 0.275. The third kappa shape index (κ3) is 2.98. The van der Waals surface area contributed by atoms with E-state index in [9.17, 15) is 9.59 Å². The zero-order valence-corrected chi connectivity index (χ0v) is 11.6. The summed E-state index contributed by atoms with van der Waals surface area (Å²) in [5.41, 5.74) is 0.275. The second kappa shape index (κ2) is 5.51. The van der Waals surface area contributed by atoms with Crippen LogP contribution in [0.5, 0.6) is 0 Å². The molecule has 0 bridgehead atoms. The molecule has 0 aliphatic heterocycles. The van der Waals surface area contributed by atoms with Gasteiger partial charge in [-0.3, -0.25) is 4.79 Å². The molecule has 0 saturated heterocycles. The lowest BCUT2D eigenvalue weighted by Gasteiger charge is -2.22. The molecule has 0 saturated carbocycles. The van der Waals surface area contributed by atoms with Crippen LogP contribution in [0.3, 0.4) is 0 Å². The Morgan fingerprint density at radius 1 is 1.47 bits per heavy atom. The van der Waals surface area contributed by atoms with Gasteiger partial charge in [-0.2, -0.15) is 0 Å². The first-order valence-corrected chi connectivity index (χ1v) is 5.97. The number of halogens is 2. The van der Waals surface area contributed by atoms with Gasteiger partial charge in [0.1, 0.15) is 6.04 Å². The maximum absolute atomic E-state index is 12.0. The van der Waals surface area contributed by atoms with Crippen molar-refractivity contribution in [2.75, 3.05) is 7.05 Å². The first-order valence-electron chi connectivity index (χ1n) is 4.80. The quantitative estimate of drug-likeness (QED) is 0.931. The van der Waals surface area contributed by atoms with Crippen LogP contribution < -0.4 is 0 Å². The van der Waals surface area contributed by atoms with Crippen molar-refractivity contribution < 1.29 is 14.7 Å². The molecule has 1 aromatic carbocycles. The summed E-state index contributed by atoms with van der Waals surface area (Å²) in [5.74, 6) is -1.49. The number of carbonyl (C=O) groups excluding carboxylic acids is 1. The predicted octanol–water partition coefficient (Wildman–Crippen LogP) is 2.65. The van der Waals surface area contributed by atoms with Crippen LogP contribution in [-0.4, -0.2) is 35.0 Å². The lowest BCUT2D eigenvalue weighted by atomic mass is 10.2. The van der Waals surface area contributed by atoms with E-state index >= 15 is 0 Å². The van der Waals surface area contributed by atoms with Gasteiger partial charge in [-0.15, -0.1) is 0 Å². The van der Waals surface area contributed by atoms with Gasteiger partial charge < -0.3 is 10.0 Å². The summed E-state index contributed by atoms with van der Waals surface area (Å²) in [6.45, 7) is 1.44. The molecule has 0 aromatic heterocycles. The number of likely N-dealkylation sites (N-methyl/N-ethyl adjacent to an activating group) is 1. The Labute approximate surface area is 112 Å². The van der Waals surface area contributed by atoms with Crippen LogP contribution in [0.4, 0.5) is 0 Å². The Bertz CT molecular complexity index is 464. The smallest absolute Gasteiger partial charge is 0.326 e. The Morgan fingerprint density at radius 3 is 2.59 bits per heavy atom. The van der Waals surface area contributed by atoms with Crippen LogP contribution in [0.25, 0.3) is 0 Å². The molecule has 4 nitrogen and oxygen atoms in total. The molecule has 1 unspecified atom stereocenters. The molecule has 1 atom stereocenters. The van der Waals surface area contributed by atoms with Crippen LogP contribution in [0.1, 0.15) is 17.3 Å². The normalized spacial score (nSPS) is 12.0. The van der Waals surface area contributed by atoms with Gasteiger partial charge >= 0.3 is 5.97 Å². The van der Waals surface area contributed by atoms with E-state index in [0.717, 1.165) is 4.90 Å². The lowest BCUT2D eigenvalue weighted by molar-refractivity contribution is -0.141. The molecule has 0 radical (unpaired) electrons. The number of benzene rings is 1. The van der Waals surface area contributed by atoms with Gasteiger partial charge in [0.25, 0.3) is 5.91 Å². The number of aliphatic carboxylic acids is 1. The zero-order chi connectivity index (χ0) is 13.2. The highest BCUT2D eigenvalue weighted by atomic mass is 79.9. The molecule has 1 amide bonds. The van der Waals surface area contributed by atoms with E-state index in [1.165, 1.54) is 14.0 Å². The Kier molecular flexibility index (Phi) is 4.54. The zero-order valence-electron chi connectivity index (χ0n) is 9.28. The topological polar surface area (TPSA) is 57.6 Å². The fraction of sp³-hybridized carbons (Fsp3) is 0.273. The molecule has 0 aliphatic carbocycles. The molecule has 0 spiro atoms. The maximum Gasteiger partial charge on any atom is 0.326 e. The Hall–Kier alpha value is -1.07. The monoisotopic (exact) mass is 319 g/mol. The van der Waals surface area contributed by atoms with Gasteiger partial charge in [0, 0.05) is 11.5 Å². The van der Waals surface area contributed by atoms with Gasteiger partial charge in [0.2, 0.25) is 0 Å². The van der Waals surface area contributed by atoms with Gasteiger partial charge in [-0.05, 0) is 35.0 Å². The molecule has 0 heterocycles. The van der Waals surface area contributed by atoms with Gasteiger partial charge in [0.15, 0.2) is 0 Å². The van der Waals surface area contributed by atoms with E-state index < -0.39 is 17.9 Å². The van der Waals surface area contributed by atoms with Crippen LogP contribution in [0.2, 0.25) is 5.02 Å². The van der Waals surface area contributed by atoms with Crippen molar-refractivity contribution in [3.8, 4) is 0 Å². The minimum Gasteiger partial charge on any atom is -0.480 e. The number of hydrogen-bond donors (Lipinski definition) is 1. The van der Waals surface area contributed by atoms with Crippen molar-refractivity contribution in [1.82, 2.24) is 4.90 Å². The summed E-state index contributed by atoms with van der Waals surface area (Å²) in [5, 5.41) is 9.12. The summed E-state index contributed by atoms with van der Waals surface area (Å²) in [6.07, 6.45) is 0. The van der Waals surface area contributed by atoms with Crippen LogP contribution >= 0.6 is 27.5 Å². The second-order valence-corrected chi connectivity index (χ2v) is 4.76. The van der Waals surface area contributed by atoms with Gasteiger partial charge in [-0.25, -0.2) is 4.79 Å². The van der Waals surface area contributed by atoms with E-state index in [4.69, 9.17) is 16.7 Å². The highest BCUT2D eigenvalue weighted by molar-refractivity contribution is 9.10. The van der Waals surface area contributed by atoms with Gasteiger partial charge in [-0.1, -0.05) is 17.7 Å². The predicted molar refractivity (Wildman–Crippen MR) is 68.3 cm³/mol. The number of rotatable bonds is 3. The molecule has 0 fully saturated rings. The summed E-state index contributed by atoms with van der Waals surface area (Å²) >= 11 is 9.19. The molecular formula is C11H11BrClNO3. The largest absolute Gasteiger partial charge is 0.480 e. The highest BCUT2D eigenvalue weighted by Crippen LogP contribution is 2.27. The molecule has 6 heteroatoms. The lowest BCUT2D eigenvalue weighted by Crippen LogP contribution is -2.40. The van der Waals surface area contributed by atoms with E-state index in [1.54, 1.807) is 18.2 Å². The molecule has 92 valence electrons. The van der Waals surface area contributed by atoms with E-state index in [1.807, 2.05) is 0 Å². The van der Waals surface area contributed by atoms with Crippen LogP contribution in [0.15, 0.2) is 22.7 Å². The number of carboxylic acids is 1. The van der Waals surface area contributed by atoms with Gasteiger partial charge in [0.05, 0.1) is 10.6 Å². The molecule has 1 N–H and O–H groups in total. The first-order chi connectivity index (χ1) is 7.86. The first kappa shape index (κ1) is 14.0. The maximum atomic E-state index is 12.0. The number of carboxylic acid groups (broad SMARTS) is 1. The molecular weight excluding hydrogens is 309 g/mol. The minimum atomic E-state index is -1.06. The highest BCUT2D eigenvalue weighted by Gasteiger charge is 2.24. The third-order valence-electron chi connectivity index (χ3n) is 2.44. The second-order valence-electron chi connectivity index (χ2n) is 3.53. The van der Waals surface area contributed by atoms with Crippen molar-refractivity contribution in [1.29, 1.82) is 0 Å².